The highest BCUT2D eigenvalue weighted by molar-refractivity contribution is 7.80. The first-order valence-corrected chi connectivity index (χ1v) is 8.76. The van der Waals surface area contributed by atoms with Crippen LogP contribution in [-0.2, 0) is 9.53 Å². The van der Waals surface area contributed by atoms with Gasteiger partial charge < -0.3 is 20.3 Å². The molecule has 1 fully saturated rings. The van der Waals surface area contributed by atoms with E-state index in [0.29, 0.717) is 48.2 Å². The van der Waals surface area contributed by atoms with Crippen LogP contribution in [0, 0.1) is 10.1 Å². The number of ether oxygens (including phenoxy) is 1. The topological polar surface area (TPSA) is 96.7 Å². The average Bonchev–Trinajstić information content (AvgIpc) is 2.61. The highest BCUT2D eigenvalue weighted by atomic mass is 35.5. The van der Waals surface area contributed by atoms with Gasteiger partial charge >= 0.3 is 0 Å². The summed E-state index contributed by atoms with van der Waals surface area (Å²) in [4.78, 5) is 25.4. The van der Waals surface area contributed by atoms with Crippen LogP contribution in [0.5, 0.6) is 0 Å². The fraction of sp³-hybridized carbons (Fsp3) is 0.375. The molecule has 26 heavy (non-hydrogen) atoms. The van der Waals surface area contributed by atoms with Crippen molar-refractivity contribution in [2.75, 3.05) is 26.3 Å². The number of rotatable bonds is 3. The van der Waals surface area contributed by atoms with E-state index in [4.69, 9.17) is 28.6 Å². The molecule has 1 saturated heterocycles. The number of amides is 1. The van der Waals surface area contributed by atoms with Crippen LogP contribution in [0.15, 0.2) is 29.5 Å². The zero-order valence-corrected chi connectivity index (χ0v) is 15.5. The van der Waals surface area contributed by atoms with Crippen LogP contribution < -0.4 is 10.6 Å². The standard InChI is InChI=1S/C16H17ClN4O4S/c1-9-13(15(22)20-4-6-25-7-5-20)14(19-16(26)18-9)10-2-3-11(17)12(8-10)21(23)24/h2-3,8,14H,4-7H2,1H3,(H2,18,19,26). The van der Waals surface area contributed by atoms with Crippen molar-refractivity contribution in [1.29, 1.82) is 0 Å². The van der Waals surface area contributed by atoms with Crippen LogP contribution in [0.25, 0.3) is 0 Å². The summed E-state index contributed by atoms with van der Waals surface area (Å²) >= 11 is 11.1. The molecule has 0 radical (unpaired) electrons. The van der Waals surface area contributed by atoms with Crippen LogP contribution in [0.3, 0.4) is 0 Å². The number of carbonyl (C=O) groups is 1. The third-order valence-corrected chi connectivity index (χ3v) is 4.84. The number of halogens is 1. The van der Waals surface area contributed by atoms with Gasteiger partial charge in [0.05, 0.1) is 29.8 Å². The zero-order valence-electron chi connectivity index (χ0n) is 14.0. The predicted molar refractivity (Wildman–Crippen MR) is 99.8 cm³/mol. The maximum Gasteiger partial charge on any atom is 0.288 e. The van der Waals surface area contributed by atoms with Gasteiger partial charge in [0.15, 0.2) is 5.11 Å². The van der Waals surface area contributed by atoms with Crippen molar-refractivity contribution < 1.29 is 14.5 Å². The summed E-state index contributed by atoms with van der Waals surface area (Å²) in [5.41, 5.74) is 1.41. The van der Waals surface area contributed by atoms with Crippen molar-refractivity contribution in [3.63, 3.8) is 0 Å². The van der Waals surface area contributed by atoms with E-state index in [1.807, 2.05) is 0 Å². The van der Waals surface area contributed by atoms with E-state index in [1.165, 1.54) is 12.1 Å². The molecule has 1 unspecified atom stereocenters. The third-order valence-electron chi connectivity index (χ3n) is 4.30. The minimum Gasteiger partial charge on any atom is -0.378 e. The molecule has 1 atom stereocenters. The molecule has 0 aromatic heterocycles. The fourth-order valence-electron chi connectivity index (χ4n) is 3.01. The number of nitro benzene ring substituents is 1. The van der Waals surface area contributed by atoms with Crippen molar-refractivity contribution in [3.05, 3.63) is 50.2 Å². The van der Waals surface area contributed by atoms with Gasteiger partial charge in [-0.3, -0.25) is 14.9 Å². The van der Waals surface area contributed by atoms with E-state index in [1.54, 1.807) is 17.9 Å². The second kappa shape index (κ2) is 7.56. The van der Waals surface area contributed by atoms with Crippen LogP contribution in [0.2, 0.25) is 5.02 Å². The summed E-state index contributed by atoms with van der Waals surface area (Å²) < 4.78 is 5.30. The SMILES string of the molecule is CC1=C(C(=O)N2CCOCC2)C(c2ccc(Cl)c([N+](=O)[O-])c2)NC(=S)N1. The Bertz CT molecular complexity index is 807. The molecular weight excluding hydrogens is 380 g/mol. The number of nitro groups is 1. The Kier molecular flexibility index (Phi) is 5.40. The van der Waals surface area contributed by atoms with E-state index in [2.05, 4.69) is 10.6 Å². The van der Waals surface area contributed by atoms with Gasteiger partial charge in [0.1, 0.15) is 5.02 Å². The van der Waals surface area contributed by atoms with Crippen LogP contribution in [0.4, 0.5) is 5.69 Å². The molecule has 2 heterocycles. The summed E-state index contributed by atoms with van der Waals surface area (Å²) in [5.74, 6) is -0.157. The number of hydrogen-bond donors (Lipinski definition) is 2. The second-order valence-electron chi connectivity index (χ2n) is 5.94. The van der Waals surface area contributed by atoms with Crippen LogP contribution in [-0.4, -0.2) is 47.1 Å². The van der Waals surface area contributed by atoms with Crippen LogP contribution in [0.1, 0.15) is 18.5 Å². The number of benzene rings is 1. The van der Waals surface area contributed by atoms with Crippen molar-refractivity contribution in [2.45, 2.75) is 13.0 Å². The first-order chi connectivity index (χ1) is 12.4. The Balaban J connectivity index is 2.01. The Morgan fingerprint density at radius 3 is 2.77 bits per heavy atom. The lowest BCUT2D eigenvalue weighted by Crippen LogP contribution is -2.49. The van der Waals surface area contributed by atoms with Crippen molar-refractivity contribution >= 4 is 40.5 Å². The van der Waals surface area contributed by atoms with Crippen LogP contribution >= 0.6 is 23.8 Å². The molecule has 3 rings (SSSR count). The number of nitrogens with zero attached hydrogens (tertiary/aromatic N) is 2. The predicted octanol–water partition coefficient (Wildman–Crippen LogP) is 1.90. The van der Waals surface area contributed by atoms with E-state index in [9.17, 15) is 14.9 Å². The van der Waals surface area contributed by atoms with Gasteiger partial charge in [-0.05, 0) is 30.8 Å². The van der Waals surface area contributed by atoms with Gasteiger partial charge in [-0.15, -0.1) is 0 Å². The number of allylic oxidation sites excluding steroid dienone is 1. The molecule has 0 spiro atoms. The molecule has 10 heteroatoms. The monoisotopic (exact) mass is 396 g/mol. The minimum absolute atomic E-state index is 0.0389. The Labute approximate surface area is 160 Å². The molecule has 0 bridgehead atoms. The summed E-state index contributed by atoms with van der Waals surface area (Å²) in [5, 5.41) is 17.6. The Hall–Kier alpha value is -2.23. The third kappa shape index (κ3) is 3.64. The smallest absolute Gasteiger partial charge is 0.288 e. The molecule has 8 nitrogen and oxygen atoms in total. The summed E-state index contributed by atoms with van der Waals surface area (Å²) in [6.45, 7) is 3.71. The van der Waals surface area contributed by atoms with E-state index >= 15 is 0 Å². The second-order valence-corrected chi connectivity index (χ2v) is 6.76. The first kappa shape index (κ1) is 18.6. The number of carbonyl (C=O) groups excluding carboxylic acids is 1. The average molecular weight is 397 g/mol. The number of hydrogen-bond acceptors (Lipinski definition) is 5. The van der Waals surface area contributed by atoms with E-state index < -0.39 is 11.0 Å². The summed E-state index contributed by atoms with van der Waals surface area (Å²) in [7, 11) is 0. The van der Waals surface area contributed by atoms with Crippen molar-refractivity contribution in [2.24, 2.45) is 0 Å². The van der Waals surface area contributed by atoms with Gasteiger partial charge in [0, 0.05) is 24.9 Å². The maximum atomic E-state index is 13.1. The zero-order chi connectivity index (χ0) is 18.8. The minimum atomic E-state index is -0.602. The molecule has 1 aromatic carbocycles. The molecule has 1 amide bonds. The number of thiocarbonyl (C=S) groups is 1. The van der Waals surface area contributed by atoms with Crippen molar-refractivity contribution in [3.8, 4) is 0 Å². The molecule has 1 aromatic rings. The maximum absolute atomic E-state index is 13.1. The molecule has 0 aliphatic carbocycles. The quantitative estimate of drug-likeness (QED) is 0.457. The Morgan fingerprint density at radius 2 is 2.12 bits per heavy atom. The lowest BCUT2D eigenvalue weighted by Gasteiger charge is -2.34. The molecule has 0 saturated carbocycles. The number of nitrogens with one attached hydrogen (secondary N) is 2. The van der Waals surface area contributed by atoms with E-state index in [-0.39, 0.29) is 16.6 Å². The molecule has 2 aliphatic rings. The number of morpholine rings is 1. The lowest BCUT2D eigenvalue weighted by molar-refractivity contribution is -0.384. The normalized spacial score (nSPS) is 20.5. The fourth-order valence-corrected chi connectivity index (χ4v) is 3.47. The molecule has 138 valence electrons. The molecule has 2 N–H and O–H groups in total. The van der Waals surface area contributed by atoms with Gasteiger partial charge in [-0.25, -0.2) is 0 Å². The highest BCUT2D eigenvalue weighted by Gasteiger charge is 2.34. The largest absolute Gasteiger partial charge is 0.378 e. The summed E-state index contributed by atoms with van der Waals surface area (Å²) in [6, 6.07) is 3.87. The van der Waals surface area contributed by atoms with Gasteiger partial charge in [0.2, 0.25) is 0 Å². The summed E-state index contributed by atoms with van der Waals surface area (Å²) in [6.07, 6.45) is 0. The molecular formula is C16H17ClN4O4S. The Morgan fingerprint density at radius 1 is 1.42 bits per heavy atom. The van der Waals surface area contributed by atoms with Crippen molar-refractivity contribution in [1.82, 2.24) is 15.5 Å². The molecule has 2 aliphatic heterocycles. The highest BCUT2D eigenvalue weighted by Crippen LogP contribution is 2.33. The van der Waals surface area contributed by atoms with Gasteiger partial charge in [-0.1, -0.05) is 17.7 Å². The van der Waals surface area contributed by atoms with E-state index in [0.717, 1.165) is 0 Å². The van der Waals surface area contributed by atoms with Gasteiger partial charge in [0.25, 0.3) is 11.6 Å². The van der Waals surface area contributed by atoms with Gasteiger partial charge in [-0.2, -0.15) is 0 Å². The lowest BCUT2D eigenvalue weighted by atomic mass is 9.94. The first-order valence-electron chi connectivity index (χ1n) is 7.97.